The Morgan fingerprint density at radius 2 is 1.86 bits per heavy atom. The number of hydrogen-bond donors (Lipinski definition) is 0. The molecule has 1 aliphatic rings. The highest BCUT2D eigenvalue weighted by atomic mass is 127. The Hall–Kier alpha value is -1.89. The third-order valence-electron chi connectivity index (χ3n) is 3.37. The smallest absolute Gasteiger partial charge is 0.280 e. The van der Waals surface area contributed by atoms with Gasteiger partial charge in [0, 0.05) is 9.99 Å². The van der Waals surface area contributed by atoms with Crippen LogP contribution in [0.2, 0.25) is 0 Å². The Labute approximate surface area is 142 Å². The molecule has 0 N–H and O–H groups in total. The molecule has 0 atom stereocenters. The number of benzene rings is 2. The topological polar surface area (TPSA) is 41.9 Å². The third-order valence-corrected chi connectivity index (χ3v) is 4.09. The summed E-state index contributed by atoms with van der Waals surface area (Å²) in [4.78, 5) is 12.2. The number of rotatable bonds is 4. The van der Waals surface area contributed by atoms with Gasteiger partial charge < -0.3 is 4.74 Å². The van der Waals surface area contributed by atoms with Crippen LogP contribution >= 0.6 is 22.6 Å². The Kier molecular flexibility index (Phi) is 4.72. The lowest BCUT2D eigenvalue weighted by molar-refractivity contribution is -0.132. The lowest BCUT2D eigenvalue weighted by atomic mass is 10.1. The van der Waals surface area contributed by atoms with E-state index >= 15 is 0 Å². The van der Waals surface area contributed by atoms with Crippen LogP contribution in [0.15, 0.2) is 59.7 Å². The average molecular weight is 406 g/mol. The SMILES string of the molecule is O=C(COc1ccc(I)cc1)N1CCC(c2ccccc2)=N1. The molecule has 0 radical (unpaired) electrons. The number of carbonyl (C=O) groups is 1. The van der Waals surface area contributed by atoms with E-state index in [0.29, 0.717) is 12.3 Å². The average Bonchev–Trinajstić information content (AvgIpc) is 3.05. The van der Waals surface area contributed by atoms with Crippen LogP contribution < -0.4 is 4.74 Å². The minimum Gasteiger partial charge on any atom is -0.484 e. The molecule has 0 saturated heterocycles. The summed E-state index contributed by atoms with van der Waals surface area (Å²) in [6.07, 6.45) is 0.777. The van der Waals surface area contributed by atoms with Crippen molar-refractivity contribution in [2.75, 3.05) is 13.2 Å². The highest BCUT2D eigenvalue weighted by molar-refractivity contribution is 14.1. The van der Waals surface area contributed by atoms with Crippen molar-refractivity contribution in [3.05, 3.63) is 63.7 Å². The minimum absolute atomic E-state index is 0.00611. The van der Waals surface area contributed by atoms with Crippen LogP contribution in [-0.4, -0.2) is 29.8 Å². The number of ether oxygens (including phenoxy) is 1. The van der Waals surface area contributed by atoms with Gasteiger partial charge in [0.15, 0.2) is 6.61 Å². The molecule has 3 rings (SSSR count). The summed E-state index contributed by atoms with van der Waals surface area (Å²) in [5.41, 5.74) is 2.01. The van der Waals surface area contributed by atoms with E-state index in [4.69, 9.17) is 4.74 Å². The number of hydrazone groups is 1. The molecule has 1 aliphatic heterocycles. The molecular formula is C17H15IN2O2. The monoisotopic (exact) mass is 406 g/mol. The van der Waals surface area contributed by atoms with Crippen LogP contribution in [-0.2, 0) is 4.79 Å². The molecule has 1 heterocycles. The number of carbonyl (C=O) groups excluding carboxylic acids is 1. The molecule has 22 heavy (non-hydrogen) atoms. The van der Waals surface area contributed by atoms with Crippen molar-refractivity contribution in [2.45, 2.75) is 6.42 Å². The zero-order chi connectivity index (χ0) is 15.4. The molecule has 2 aromatic rings. The number of halogens is 1. The van der Waals surface area contributed by atoms with Crippen molar-refractivity contribution >= 4 is 34.2 Å². The van der Waals surface area contributed by atoms with Crippen molar-refractivity contribution in [3.63, 3.8) is 0 Å². The van der Waals surface area contributed by atoms with Crippen molar-refractivity contribution in [1.29, 1.82) is 0 Å². The van der Waals surface area contributed by atoms with Gasteiger partial charge in [-0.1, -0.05) is 30.3 Å². The molecule has 2 aromatic carbocycles. The van der Waals surface area contributed by atoms with Gasteiger partial charge in [-0.2, -0.15) is 5.10 Å². The number of hydrogen-bond acceptors (Lipinski definition) is 3. The summed E-state index contributed by atoms with van der Waals surface area (Å²) in [6.45, 7) is 0.616. The summed E-state index contributed by atoms with van der Waals surface area (Å²) in [7, 11) is 0. The first kappa shape index (κ1) is 15.0. The highest BCUT2D eigenvalue weighted by Crippen LogP contribution is 2.16. The Morgan fingerprint density at radius 1 is 1.14 bits per heavy atom. The largest absolute Gasteiger partial charge is 0.484 e. The zero-order valence-corrected chi connectivity index (χ0v) is 14.1. The van der Waals surface area contributed by atoms with E-state index < -0.39 is 0 Å². The second kappa shape index (κ2) is 6.91. The summed E-state index contributed by atoms with van der Waals surface area (Å²) in [5.74, 6) is 0.574. The molecule has 1 amide bonds. The normalized spacial score (nSPS) is 13.9. The lowest BCUT2D eigenvalue weighted by Gasteiger charge is -2.12. The molecule has 0 spiro atoms. The number of nitrogens with zero attached hydrogens (tertiary/aromatic N) is 2. The summed E-state index contributed by atoms with van der Waals surface area (Å²) in [6, 6.07) is 17.5. The van der Waals surface area contributed by atoms with E-state index in [-0.39, 0.29) is 12.5 Å². The Bertz CT molecular complexity index is 684. The van der Waals surface area contributed by atoms with Crippen LogP contribution in [0.1, 0.15) is 12.0 Å². The molecule has 0 unspecified atom stereocenters. The molecule has 112 valence electrons. The zero-order valence-electron chi connectivity index (χ0n) is 11.9. The standard InChI is InChI=1S/C17H15IN2O2/c18-14-6-8-15(9-7-14)22-12-17(21)20-11-10-16(19-20)13-4-2-1-3-5-13/h1-9H,10-12H2. The molecule has 0 saturated carbocycles. The third kappa shape index (κ3) is 3.65. The van der Waals surface area contributed by atoms with Gasteiger partial charge in [0.25, 0.3) is 5.91 Å². The van der Waals surface area contributed by atoms with Gasteiger partial charge in [0.05, 0.1) is 12.3 Å². The first-order valence-corrected chi connectivity index (χ1v) is 8.12. The maximum atomic E-state index is 12.2. The van der Waals surface area contributed by atoms with E-state index in [2.05, 4.69) is 27.7 Å². The molecule has 0 bridgehead atoms. The number of amides is 1. The molecule has 0 fully saturated rings. The van der Waals surface area contributed by atoms with Crippen LogP contribution in [0.5, 0.6) is 5.75 Å². The van der Waals surface area contributed by atoms with Crippen molar-refractivity contribution in [2.24, 2.45) is 5.10 Å². The molecule has 0 aliphatic carbocycles. The second-order valence-corrected chi connectivity index (χ2v) is 6.17. The van der Waals surface area contributed by atoms with Crippen LogP contribution in [0.3, 0.4) is 0 Å². The van der Waals surface area contributed by atoms with Gasteiger partial charge in [-0.3, -0.25) is 4.79 Å². The van der Waals surface area contributed by atoms with E-state index in [0.717, 1.165) is 21.3 Å². The second-order valence-electron chi connectivity index (χ2n) is 4.92. The summed E-state index contributed by atoms with van der Waals surface area (Å²) < 4.78 is 6.64. The molecule has 4 nitrogen and oxygen atoms in total. The molecule has 0 aromatic heterocycles. The lowest BCUT2D eigenvalue weighted by Crippen LogP contribution is -2.28. The fraction of sp³-hybridized carbons (Fsp3) is 0.176. The van der Waals surface area contributed by atoms with Crippen molar-refractivity contribution in [3.8, 4) is 5.75 Å². The predicted octanol–water partition coefficient (Wildman–Crippen LogP) is 3.31. The van der Waals surface area contributed by atoms with Gasteiger partial charge in [-0.25, -0.2) is 5.01 Å². The van der Waals surface area contributed by atoms with Gasteiger partial charge in [-0.15, -0.1) is 0 Å². The van der Waals surface area contributed by atoms with Crippen LogP contribution in [0, 0.1) is 3.57 Å². The van der Waals surface area contributed by atoms with E-state index in [9.17, 15) is 4.79 Å². The molecule has 5 heteroatoms. The van der Waals surface area contributed by atoms with E-state index in [1.54, 1.807) is 0 Å². The highest BCUT2D eigenvalue weighted by Gasteiger charge is 2.21. The van der Waals surface area contributed by atoms with Crippen molar-refractivity contribution in [1.82, 2.24) is 5.01 Å². The van der Waals surface area contributed by atoms with Crippen LogP contribution in [0.4, 0.5) is 0 Å². The first-order chi connectivity index (χ1) is 10.7. The fourth-order valence-electron chi connectivity index (χ4n) is 2.22. The predicted molar refractivity (Wildman–Crippen MR) is 94.0 cm³/mol. The minimum atomic E-state index is -0.121. The van der Waals surface area contributed by atoms with E-state index in [1.165, 1.54) is 5.01 Å². The van der Waals surface area contributed by atoms with Crippen LogP contribution in [0.25, 0.3) is 0 Å². The first-order valence-electron chi connectivity index (χ1n) is 7.04. The fourth-order valence-corrected chi connectivity index (χ4v) is 2.58. The Morgan fingerprint density at radius 3 is 2.59 bits per heavy atom. The van der Waals surface area contributed by atoms with E-state index in [1.807, 2.05) is 54.6 Å². The molecular weight excluding hydrogens is 391 g/mol. The van der Waals surface area contributed by atoms with Crippen molar-refractivity contribution < 1.29 is 9.53 Å². The van der Waals surface area contributed by atoms with Gasteiger partial charge in [0.2, 0.25) is 0 Å². The van der Waals surface area contributed by atoms with Gasteiger partial charge in [-0.05, 0) is 52.4 Å². The maximum absolute atomic E-state index is 12.2. The maximum Gasteiger partial charge on any atom is 0.280 e. The summed E-state index contributed by atoms with van der Waals surface area (Å²) >= 11 is 2.23. The quantitative estimate of drug-likeness (QED) is 0.732. The Balaban J connectivity index is 1.59. The van der Waals surface area contributed by atoms with Gasteiger partial charge in [0.1, 0.15) is 5.75 Å². The summed E-state index contributed by atoms with van der Waals surface area (Å²) in [5, 5.41) is 5.90. The van der Waals surface area contributed by atoms with Gasteiger partial charge >= 0.3 is 0 Å².